The van der Waals surface area contributed by atoms with Crippen LogP contribution in [0.3, 0.4) is 0 Å². The summed E-state index contributed by atoms with van der Waals surface area (Å²) in [6, 6.07) is 20.1. The van der Waals surface area contributed by atoms with Crippen LogP contribution in [0.15, 0.2) is 72.8 Å². The second-order valence-electron chi connectivity index (χ2n) is 6.47. The summed E-state index contributed by atoms with van der Waals surface area (Å²) >= 11 is 0. The van der Waals surface area contributed by atoms with E-state index in [9.17, 15) is 14.6 Å². The Morgan fingerprint density at radius 3 is 2.00 bits per heavy atom. The predicted octanol–water partition coefficient (Wildman–Crippen LogP) is 5.34. The van der Waals surface area contributed by atoms with Gasteiger partial charge >= 0.3 is 0 Å². The van der Waals surface area contributed by atoms with E-state index in [1.807, 2.05) is 31.2 Å². The lowest BCUT2D eigenvalue weighted by atomic mass is 10.1. The molecule has 0 aliphatic heterocycles. The number of nitrogens with zero attached hydrogens (tertiary/aromatic N) is 2. The maximum Gasteiger partial charge on any atom is 0.136 e. The summed E-state index contributed by atoms with van der Waals surface area (Å²) in [4.78, 5) is 9.10. The highest BCUT2D eigenvalue weighted by Crippen LogP contribution is 2.33. The van der Waals surface area contributed by atoms with Crippen molar-refractivity contribution in [1.29, 1.82) is 0 Å². The van der Waals surface area contributed by atoms with Crippen molar-refractivity contribution in [3.05, 3.63) is 84.2 Å². The Bertz CT molecular complexity index is 1150. The van der Waals surface area contributed by atoms with Crippen LogP contribution < -0.4 is 0 Å². The smallest absolute Gasteiger partial charge is 0.136 e. The van der Waals surface area contributed by atoms with Crippen LogP contribution in [0.4, 0.5) is 4.39 Å². The lowest BCUT2D eigenvalue weighted by Crippen LogP contribution is -1.94. The molecule has 0 spiro atoms. The summed E-state index contributed by atoms with van der Waals surface area (Å²) in [5.41, 5.74) is 3.74. The summed E-state index contributed by atoms with van der Waals surface area (Å²) in [5, 5.41) is 20.2. The Balaban J connectivity index is 1.80. The highest BCUT2D eigenvalue weighted by Gasteiger charge is 2.14. The number of aromatic hydroxyl groups is 2. The summed E-state index contributed by atoms with van der Waals surface area (Å²) in [5.74, 6) is -0.569. The van der Waals surface area contributed by atoms with Crippen LogP contribution in [-0.4, -0.2) is 20.2 Å². The molecule has 4 aromatic rings. The summed E-state index contributed by atoms with van der Waals surface area (Å²) < 4.78 is 14.2. The molecule has 0 atom stereocenters. The number of aryl methyl sites for hydroxylation is 1. The monoisotopic (exact) mass is 372 g/mol. The minimum absolute atomic E-state index is 0.0526. The molecule has 0 aliphatic rings. The predicted molar refractivity (Wildman–Crippen MR) is 106 cm³/mol. The first-order chi connectivity index (χ1) is 13.5. The molecule has 0 radical (unpaired) electrons. The van der Waals surface area contributed by atoms with E-state index < -0.39 is 5.82 Å². The van der Waals surface area contributed by atoms with Crippen molar-refractivity contribution < 1.29 is 14.6 Å². The van der Waals surface area contributed by atoms with E-state index in [0.717, 1.165) is 5.56 Å². The van der Waals surface area contributed by atoms with Gasteiger partial charge in [-0.25, -0.2) is 14.4 Å². The molecular formula is C23H17FN2O2. The molecule has 138 valence electrons. The molecule has 0 bridgehead atoms. The van der Waals surface area contributed by atoms with Crippen LogP contribution >= 0.6 is 0 Å². The maximum absolute atomic E-state index is 14.2. The van der Waals surface area contributed by atoms with Crippen molar-refractivity contribution in [2.45, 2.75) is 6.92 Å². The lowest BCUT2D eigenvalue weighted by Gasteiger charge is -2.09. The fourth-order valence-corrected chi connectivity index (χ4v) is 3.07. The number of rotatable bonds is 3. The van der Waals surface area contributed by atoms with E-state index in [0.29, 0.717) is 28.3 Å². The maximum atomic E-state index is 14.2. The van der Waals surface area contributed by atoms with Crippen molar-refractivity contribution in [2.24, 2.45) is 0 Å². The van der Waals surface area contributed by atoms with E-state index in [2.05, 4.69) is 9.97 Å². The number of hydrogen-bond acceptors (Lipinski definition) is 4. The first kappa shape index (κ1) is 17.7. The fraction of sp³-hybridized carbons (Fsp3) is 0.0435. The molecule has 5 heteroatoms. The standard InChI is InChI=1S/C23H17FN2O2/c1-14-11-12-21(27)15(13-14)17-6-3-7-18(25-17)19-8-4-9-20(26-19)23-16(24)5-2-10-22(23)28/h2-13,27-28H,1H3. The number of aromatic nitrogens is 2. The largest absolute Gasteiger partial charge is 0.507 e. The zero-order valence-electron chi connectivity index (χ0n) is 15.1. The molecule has 4 nitrogen and oxygen atoms in total. The average molecular weight is 372 g/mol. The SMILES string of the molecule is Cc1ccc(O)c(-c2cccc(-c3cccc(-c4c(O)cccc4F)n3)n2)c1. The molecular weight excluding hydrogens is 355 g/mol. The molecule has 4 rings (SSSR count). The molecule has 2 aromatic carbocycles. The molecule has 0 amide bonds. The van der Waals surface area contributed by atoms with Crippen LogP contribution in [0.25, 0.3) is 33.9 Å². The van der Waals surface area contributed by atoms with E-state index in [1.165, 1.54) is 18.2 Å². The average Bonchev–Trinajstić information content (AvgIpc) is 2.70. The van der Waals surface area contributed by atoms with Gasteiger partial charge in [0, 0.05) is 5.56 Å². The second kappa shape index (κ2) is 7.12. The Hall–Kier alpha value is -3.73. The van der Waals surface area contributed by atoms with Gasteiger partial charge in [0.1, 0.15) is 17.3 Å². The highest BCUT2D eigenvalue weighted by molar-refractivity contribution is 5.72. The van der Waals surface area contributed by atoms with Crippen molar-refractivity contribution in [1.82, 2.24) is 9.97 Å². The van der Waals surface area contributed by atoms with Gasteiger partial charge in [0.05, 0.1) is 28.3 Å². The van der Waals surface area contributed by atoms with Crippen LogP contribution in [0.2, 0.25) is 0 Å². The van der Waals surface area contributed by atoms with Crippen LogP contribution in [0.1, 0.15) is 5.56 Å². The Morgan fingerprint density at radius 2 is 1.29 bits per heavy atom. The van der Waals surface area contributed by atoms with Crippen LogP contribution in [0.5, 0.6) is 11.5 Å². The van der Waals surface area contributed by atoms with Gasteiger partial charge in [-0.2, -0.15) is 0 Å². The lowest BCUT2D eigenvalue weighted by molar-refractivity contribution is 0.471. The van der Waals surface area contributed by atoms with Crippen molar-refractivity contribution in [3.63, 3.8) is 0 Å². The third-order valence-electron chi connectivity index (χ3n) is 4.44. The third kappa shape index (κ3) is 3.30. The van der Waals surface area contributed by atoms with Gasteiger partial charge in [-0.15, -0.1) is 0 Å². The summed E-state index contributed by atoms with van der Waals surface area (Å²) in [6.07, 6.45) is 0. The fourth-order valence-electron chi connectivity index (χ4n) is 3.07. The van der Waals surface area contributed by atoms with Crippen molar-refractivity contribution >= 4 is 0 Å². The molecule has 2 N–H and O–H groups in total. The Labute approximate surface area is 161 Å². The summed E-state index contributed by atoms with van der Waals surface area (Å²) in [7, 11) is 0. The van der Waals surface area contributed by atoms with E-state index in [1.54, 1.807) is 30.3 Å². The molecule has 0 saturated heterocycles. The Kier molecular flexibility index (Phi) is 4.49. The van der Waals surface area contributed by atoms with E-state index >= 15 is 0 Å². The number of pyridine rings is 2. The zero-order chi connectivity index (χ0) is 19.7. The molecule has 0 unspecified atom stereocenters. The van der Waals surface area contributed by atoms with Gasteiger partial charge in [-0.3, -0.25) is 0 Å². The topological polar surface area (TPSA) is 66.2 Å². The molecule has 28 heavy (non-hydrogen) atoms. The first-order valence-corrected chi connectivity index (χ1v) is 8.75. The van der Waals surface area contributed by atoms with Crippen LogP contribution in [-0.2, 0) is 0 Å². The van der Waals surface area contributed by atoms with Gasteiger partial charge in [0.15, 0.2) is 0 Å². The van der Waals surface area contributed by atoms with Gasteiger partial charge in [0.25, 0.3) is 0 Å². The second-order valence-corrected chi connectivity index (χ2v) is 6.47. The molecule has 0 fully saturated rings. The van der Waals surface area contributed by atoms with Gasteiger partial charge in [-0.05, 0) is 55.5 Å². The minimum Gasteiger partial charge on any atom is -0.507 e. The van der Waals surface area contributed by atoms with E-state index in [4.69, 9.17) is 0 Å². The van der Waals surface area contributed by atoms with Gasteiger partial charge in [-0.1, -0.05) is 29.8 Å². The number of benzene rings is 2. The normalized spacial score (nSPS) is 10.8. The van der Waals surface area contributed by atoms with Crippen molar-refractivity contribution in [3.8, 4) is 45.4 Å². The minimum atomic E-state index is -0.545. The van der Waals surface area contributed by atoms with Crippen molar-refractivity contribution in [2.75, 3.05) is 0 Å². The number of phenolic OH excluding ortho intramolecular Hbond substituents is 2. The quantitative estimate of drug-likeness (QED) is 0.510. The van der Waals surface area contributed by atoms with Gasteiger partial charge in [0.2, 0.25) is 0 Å². The van der Waals surface area contributed by atoms with Gasteiger partial charge < -0.3 is 10.2 Å². The zero-order valence-corrected chi connectivity index (χ0v) is 15.1. The molecule has 0 saturated carbocycles. The molecule has 0 aliphatic carbocycles. The molecule has 2 aromatic heterocycles. The Morgan fingerprint density at radius 1 is 0.679 bits per heavy atom. The number of halogens is 1. The highest BCUT2D eigenvalue weighted by atomic mass is 19.1. The van der Waals surface area contributed by atoms with E-state index in [-0.39, 0.29) is 17.1 Å². The number of phenols is 2. The first-order valence-electron chi connectivity index (χ1n) is 8.75. The van der Waals surface area contributed by atoms with Crippen LogP contribution in [0, 0.1) is 12.7 Å². The summed E-state index contributed by atoms with van der Waals surface area (Å²) in [6.45, 7) is 1.94. The molecule has 2 heterocycles. The number of hydrogen-bond donors (Lipinski definition) is 2. The third-order valence-corrected chi connectivity index (χ3v) is 4.44.